The van der Waals surface area contributed by atoms with E-state index in [-0.39, 0.29) is 11.7 Å². The van der Waals surface area contributed by atoms with E-state index in [1.165, 1.54) is 11.8 Å². The normalized spacial score (nSPS) is 10.8. The number of rotatable bonds is 7. The van der Waals surface area contributed by atoms with Gasteiger partial charge in [-0.2, -0.15) is 0 Å². The number of aromatic nitrogens is 4. The molecule has 1 amide bonds. The lowest BCUT2D eigenvalue weighted by Gasteiger charge is -2.10. The summed E-state index contributed by atoms with van der Waals surface area (Å²) >= 11 is 7.28. The summed E-state index contributed by atoms with van der Waals surface area (Å²) in [4.78, 5) is 12.2. The standard InChI is InChI=1S/C17H18ClN5OS/c1-2-6-15-20-21-17(23(15)22-9-3-4-10-22)25-12-16(24)19-14-8-5-7-13(18)11-14/h3-5,7-11H,2,6,12H2,1H3,(H,19,24). The largest absolute Gasteiger partial charge is 0.325 e. The minimum atomic E-state index is -0.119. The molecule has 6 nitrogen and oxygen atoms in total. The predicted octanol–water partition coefficient (Wildman–Crippen LogP) is 3.73. The van der Waals surface area contributed by atoms with E-state index in [1.807, 2.05) is 33.9 Å². The first-order valence-electron chi connectivity index (χ1n) is 7.93. The minimum absolute atomic E-state index is 0.119. The van der Waals surface area contributed by atoms with Gasteiger partial charge in [0.05, 0.1) is 5.75 Å². The van der Waals surface area contributed by atoms with Crippen molar-refractivity contribution in [3.05, 3.63) is 59.6 Å². The molecule has 1 aromatic carbocycles. The zero-order valence-electron chi connectivity index (χ0n) is 13.7. The number of benzene rings is 1. The average Bonchev–Trinajstić information content (AvgIpc) is 3.22. The number of thioether (sulfide) groups is 1. The highest BCUT2D eigenvalue weighted by Crippen LogP contribution is 2.20. The van der Waals surface area contributed by atoms with Crippen LogP contribution >= 0.6 is 23.4 Å². The van der Waals surface area contributed by atoms with Gasteiger partial charge in [-0.3, -0.25) is 9.47 Å². The van der Waals surface area contributed by atoms with Gasteiger partial charge in [-0.25, -0.2) is 4.68 Å². The second kappa shape index (κ2) is 8.22. The maximum atomic E-state index is 12.2. The maximum Gasteiger partial charge on any atom is 0.234 e. The summed E-state index contributed by atoms with van der Waals surface area (Å²) < 4.78 is 3.85. The fourth-order valence-electron chi connectivity index (χ4n) is 2.35. The van der Waals surface area contributed by atoms with Crippen LogP contribution in [0.5, 0.6) is 0 Å². The van der Waals surface area contributed by atoms with Crippen LogP contribution in [-0.4, -0.2) is 31.2 Å². The highest BCUT2D eigenvalue weighted by atomic mass is 35.5. The number of nitrogens with zero attached hydrogens (tertiary/aromatic N) is 4. The molecule has 0 spiro atoms. The van der Waals surface area contributed by atoms with Crippen molar-refractivity contribution in [2.45, 2.75) is 24.9 Å². The molecule has 0 saturated heterocycles. The third-order valence-electron chi connectivity index (χ3n) is 3.41. The number of carbonyl (C=O) groups excluding carboxylic acids is 1. The van der Waals surface area contributed by atoms with Crippen LogP contribution in [0, 0.1) is 0 Å². The van der Waals surface area contributed by atoms with E-state index >= 15 is 0 Å². The number of amides is 1. The molecule has 0 fully saturated rings. The van der Waals surface area contributed by atoms with Crippen LogP contribution in [0.25, 0.3) is 0 Å². The Morgan fingerprint density at radius 1 is 1.24 bits per heavy atom. The molecule has 0 bridgehead atoms. The van der Waals surface area contributed by atoms with Crippen LogP contribution < -0.4 is 5.32 Å². The predicted molar refractivity (Wildman–Crippen MR) is 100 cm³/mol. The molecule has 2 heterocycles. The topological polar surface area (TPSA) is 64.7 Å². The molecule has 0 atom stereocenters. The molecule has 0 unspecified atom stereocenters. The molecule has 0 aliphatic heterocycles. The summed E-state index contributed by atoms with van der Waals surface area (Å²) in [7, 11) is 0. The van der Waals surface area contributed by atoms with Crippen molar-refractivity contribution in [1.82, 2.24) is 19.5 Å². The van der Waals surface area contributed by atoms with Crippen LogP contribution in [0.4, 0.5) is 5.69 Å². The Bertz CT molecular complexity index is 847. The summed E-state index contributed by atoms with van der Waals surface area (Å²) in [6.07, 6.45) is 5.65. The van der Waals surface area contributed by atoms with Gasteiger partial charge in [0, 0.05) is 29.5 Å². The van der Waals surface area contributed by atoms with Crippen LogP contribution in [0.1, 0.15) is 19.2 Å². The monoisotopic (exact) mass is 375 g/mol. The van der Waals surface area contributed by atoms with Crippen molar-refractivity contribution in [1.29, 1.82) is 0 Å². The zero-order valence-corrected chi connectivity index (χ0v) is 15.3. The van der Waals surface area contributed by atoms with E-state index < -0.39 is 0 Å². The van der Waals surface area contributed by atoms with Crippen LogP contribution in [0.3, 0.4) is 0 Å². The number of hydrogen-bond acceptors (Lipinski definition) is 4. The van der Waals surface area contributed by atoms with Crippen molar-refractivity contribution in [3.63, 3.8) is 0 Å². The van der Waals surface area contributed by atoms with E-state index in [1.54, 1.807) is 24.3 Å². The Morgan fingerprint density at radius 2 is 2.04 bits per heavy atom. The molecular formula is C17H18ClN5OS. The van der Waals surface area contributed by atoms with Gasteiger partial charge in [0.15, 0.2) is 5.82 Å². The van der Waals surface area contributed by atoms with E-state index in [0.29, 0.717) is 15.9 Å². The molecule has 130 valence electrons. The quantitative estimate of drug-likeness (QED) is 0.639. The molecule has 1 N–H and O–H groups in total. The number of halogens is 1. The third-order valence-corrected chi connectivity index (χ3v) is 4.57. The first kappa shape index (κ1) is 17.6. The lowest BCUT2D eigenvalue weighted by atomic mass is 10.3. The number of anilines is 1. The number of hydrogen-bond donors (Lipinski definition) is 1. The fraction of sp³-hybridized carbons (Fsp3) is 0.235. The molecule has 0 radical (unpaired) electrons. The number of nitrogens with one attached hydrogen (secondary N) is 1. The van der Waals surface area contributed by atoms with Crippen LogP contribution in [0.2, 0.25) is 5.02 Å². The Hall–Kier alpha value is -2.25. The number of carbonyl (C=O) groups is 1. The SMILES string of the molecule is CCCc1nnc(SCC(=O)Nc2cccc(Cl)c2)n1-n1cccc1. The average molecular weight is 376 g/mol. The summed E-state index contributed by atoms with van der Waals surface area (Å²) in [5, 5.41) is 12.6. The highest BCUT2D eigenvalue weighted by molar-refractivity contribution is 7.99. The summed E-state index contributed by atoms with van der Waals surface area (Å²) in [6.45, 7) is 2.10. The molecule has 8 heteroatoms. The summed E-state index contributed by atoms with van der Waals surface area (Å²) in [5.41, 5.74) is 0.677. The molecule has 2 aromatic heterocycles. The molecule has 3 rings (SSSR count). The summed E-state index contributed by atoms with van der Waals surface area (Å²) in [6, 6.07) is 11.0. The Morgan fingerprint density at radius 3 is 2.76 bits per heavy atom. The van der Waals surface area contributed by atoms with Crippen molar-refractivity contribution in [2.24, 2.45) is 0 Å². The first-order valence-corrected chi connectivity index (χ1v) is 9.30. The molecule has 0 saturated carbocycles. The number of aryl methyl sites for hydroxylation is 1. The molecule has 0 aliphatic carbocycles. The van der Waals surface area contributed by atoms with Gasteiger partial charge in [0.2, 0.25) is 11.1 Å². The smallest absolute Gasteiger partial charge is 0.234 e. The van der Waals surface area contributed by atoms with Gasteiger partial charge in [0.25, 0.3) is 0 Å². The second-order valence-corrected chi connectivity index (χ2v) is 6.75. The second-order valence-electron chi connectivity index (χ2n) is 5.37. The van der Waals surface area contributed by atoms with Gasteiger partial charge < -0.3 is 5.32 Å². The van der Waals surface area contributed by atoms with Crippen LogP contribution in [-0.2, 0) is 11.2 Å². The fourth-order valence-corrected chi connectivity index (χ4v) is 3.29. The van der Waals surface area contributed by atoms with Crippen molar-refractivity contribution >= 4 is 35.0 Å². The molecule has 25 heavy (non-hydrogen) atoms. The maximum absolute atomic E-state index is 12.2. The van der Waals surface area contributed by atoms with Gasteiger partial charge in [-0.1, -0.05) is 36.4 Å². The van der Waals surface area contributed by atoms with E-state index in [4.69, 9.17) is 11.6 Å². The molecular weight excluding hydrogens is 358 g/mol. The first-order chi connectivity index (χ1) is 12.2. The van der Waals surface area contributed by atoms with Gasteiger partial charge >= 0.3 is 0 Å². The van der Waals surface area contributed by atoms with Crippen molar-refractivity contribution < 1.29 is 4.79 Å². The highest BCUT2D eigenvalue weighted by Gasteiger charge is 2.15. The van der Waals surface area contributed by atoms with Crippen LogP contribution in [0.15, 0.2) is 53.9 Å². The third kappa shape index (κ3) is 4.43. The lowest BCUT2D eigenvalue weighted by molar-refractivity contribution is -0.113. The van der Waals surface area contributed by atoms with Crippen molar-refractivity contribution in [3.8, 4) is 0 Å². The van der Waals surface area contributed by atoms with E-state index in [2.05, 4.69) is 22.4 Å². The zero-order chi connectivity index (χ0) is 17.6. The minimum Gasteiger partial charge on any atom is -0.325 e. The van der Waals surface area contributed by atoms with E-state index in [0.717, 1.165) is 18.7 Å². The Kier molecular flexibility index (Phi) is 5.78. The van der Waals surface area contributed by atoms with Gasteiger partial charge in [-0.15, -0.1) is 10.2 Å². The summed E-state index contributed by atoms with van der Waals surface area (Å²) in [5.74, 6) is 0.987. The molecule has 0 aliphatic rings. The molecule has 3 aromatic rings. The Labute approximate surface area is 155 Å². The van der Waals surface area contributed by atoms with E-state index in [9.17, 15) is 4.79 Å². The van der Waals surface area contributed by atoms with Gasteiger partial charge in [-0.05, 0) is 36.8 Å². The van der Waals surface area contributed by atoms with Crippen molar-refractivity contribution in [2.75, 3.05) is 11.1 Å². The Balaban J connectivity index is 1.69. The van der Waals surface area contributed by atoms with Gasteiger partial charge in [0.1, 0.15) is 0 Å². The lowest BCUT2D eigenvalue weighted by Crippen LogP contribution is -2.16.